The number of ether oxygens (including phenoxy) is 1. The van der Waals surface area contributed by atoms with Crippen LogP contribution >= 0.6 is 11.3 Å². The zero-order valence-electron chi connectivity index (χ0n) is 14.6. The monoisotopic (exact) mass is 355 g/mol. The second kappa shape index (κ2) is 7.14. The summed E-state index contributed by atoms with van der Waals surface area (Å²) in [5, 5.41) is 21.0. The van der Waals surface area contributed by atoms with Gasteiger partial charge >= 0.3 is 5.97 Å². The van der Waals surface area contributed by atoms with Gasteiger partial charge in [0.2, 0.25) is 16.0 Å². The normalized spacial score (nSPS) is 23.5. The molecule has 2 rings (SSSR count). The molecule has 1 aliphatic carbocycles. The molecule has 0 atom stereocenters. The number of aromatic nitrogens is 2. The molecular formula is C16H25N3O4S. The van der Waals surface area contributed by atoms with Crippen molar-refractivity contribution in [2.75, 3.05) is 11.9 Å². The Morgan fingerprint density at radius 3 is 2.62 bits per heavy atom. The minimum absolute atomic E-state index is 0.113. The molecule has 1 aromatic rings. The summed E-state index contributed by atoms with van der Waals surface area (Å²) in [7, 11) is 0. The molecule has 1 saturated carbocycles. The van der Waals surface area contributed by atoms with E-state index in [4.69, 9.17) is 4.74 Å². The smallest absolute Gasteiger partial charge is 0.369 e. The number of nitrogens with zero attached hydrogens (tertiary/aromatic N) is 2. The predicted octanol–water partition coefficient (Wildman–Crippen LogP) is 2.62. The molecule has 1 fully saturated rings. The first-order valence-electron chi connectivity index (χ1n) is 8.16. The third-order valence-electron chi connectivity index (χ3n) is 4.07. The molecule has 7 nitrogen and oxygen atoms in total. The van der Waals surface area contributed by atoms with Gasteiger partial charge in [0.1, 0.15) is 0 Å². The lowest BCUT2D eigenvalue weighted by Crippen LogP contribution is -2.48. The van der Waals surface area contributed by atoms with Crippen molar-refractivity contribution in [2.45, 2.75) is 59.0 Å². The largest absolute Gasteiger partial charge is 0.461 e. The van der Waals surface area contributed by atoms with E-state index in [0.29, 0.717) is 19.3 Å². The highest BCUT2D eigenvalue weighted by molar-refractivity contribution is 7.17. The minimum atomic E-state index is -0.744. The van der Waals surface area contributed by atoms with Crippen LogP contribution in [0.3, 0.4) is 0 Å². The van der Waals surface area contributed by atoms with Crippen LogP contribution in [-0.2, 0) is 9.53 Å². The van der Waals surface area contributed by atoms with Crippen molar-refractivity contribution in [1.29, 1.82) is 0 Å². The zero-order valence-corrected chi connectivity index (χ0v) is 15.4. The molecule has 0 unspecified atom stereocenters. The summed E-state index contributed by atoms with van der Waals surface area (Å²) in [5.41, 5.74) is -0.578. The molecule has 0 bridgehead atoms. The van der Waals surface area contributed by atoms with Crippen LogP contribution in [0.15, 0.2) is 0 Å². The van der Waals surface area contributed by atoms with Gasteiger partial charge in [0.15, 0.2) is 0 Å². The Hall–Kier alpha value is -1.54. The number of hydrogen-bond acceptors (Lipinski definition) is 7. The molecule has 0 radical (unpaired) electrons. The van der Waals surface area contributed by atoms with E-state index in [1.165, 1.54) is 0 Å². The summed E-state index contributed by atoms with van der Waals surface area (Å²) >= 11 is 0.984. The first-order chi connectivity index (χ1) is 11.1. The summed E-state index contributed by atoms with van der Waals surface area (Å²) in [6, 6.07) is 0. The van der Waals surface area contributed by atoms with Crippen molar-refractivity contribution in [3.63, 3.8) is 0 Å². The van der Waals surface area contributed by atoms with Crippen LogP contribution < -0.4 is 5.32 Å². The van der Waals surface area contributed by atoms with E-state index >= 15 is 0 Å². The van der Waals surface area contributed by atoms with Gasteiger partial charge in [0.05, 0.1) is 12.2 Å². The van der Waals surface area contributed by atoms with Gasteiger partial charge in [-0.3, -0.25) is 4.79 Å². The second-order valence-electron chi connectivity index (χ2n) is 7.51. The minimum Gasteiger partial charge on any atom is -0.461 e. The number of rotatable bonds is 6. The van der Waals surface area contributed by atoms with Crippen LogP contribution in [0.4, 0.5) is 5.13 Å². The Balaban J connectivity index is 1.81. The lowest BCUT2D eigenvalue weighted by Gasteiger charge is -2.43. The fourth-order valence-electron chi connectivity index (χ4n) is 2.61. The highest BCUT2D eigenvalue weighted by Gasteiger charge is 2.46. The Kier molecular flexibility index (Phi) is 5.59. The molecule has 1 aromatic heterocycles. The van der Waals surface area contributed by atoms with Crippen LogP contribution in [0.2, 0.25) is 0 Å². The summed E-state index contributed by atoms with van der Waals surface area (Å²) in [6.45, 7) is 8.37. The Morgan fingerprint density at radius 1 is 1.38 bits per heavy atom. The van der Waals surface area contributed by atoms with Crippen molar-refractivity contribution >= 4 is 28.3 Å². The average Bonchev–Trinajstić information content (AvgIpc) is 2.90. The zero-order chi connectivity index (χ0) is 18.0. The molecule has 134 valence electrons. The number of nitrogens with one attached hydrogen (secondary N) is 1. The maximum Gasteiger partial charge on any atom is 0.369 e. The van der Waals surface area contributed by atoms with E-state index in [-0.39, 0.29) is 34.0 Å². The van der Waals surface area contributed by atoms with Crippen molar-refractivity contribution in [2.24, 2.45) is 11.3 Å². The maximum absolute atomic E-state index is 12.2. The molecule has 2 N–H and O–H groups in total. The van der Waals surface area contributed by atoms with Gasteiger partial charge in [-0.1, -0.05) is 32.1 Å². The maximum atomic E-state index is 12.2. The Bertz CT molecular complexity index is 603. The molecule has 8 heteroatoms. The fraction of sp³-hybridized carbons (Fsp3) is 0.750. The standard InChI is InChI=1S/C16H25N3O4S/c1-5-23-13(21)12-18-19-14(24-12)17-11(20)10-8-16(22,9-10)7-6-15(2,3)4/h10,22H,5-9H2,1-4H3,(H,17,19,20). The van der Waals surface area contributed by atoms with Crippen molar-refractivity contribution in [3.8, 4) is 0 Å². The van der Waals surface area contributed by atoms with Crippen molar-refractivity contribution in [3.05, 3.63) is 5.01 Å². The number of hydrogen-bond donors (Lipinski definition) is 2. The summed E-state index contributed by atoms with van der Waals surface area (Å²) in [4.78, 5) is 23.7. The Labute approximate surface area is 145 Å². The molecule has 1 heterocycles. The molecular weight excluding hydrogens is 330 g/mol. The van der Waals surface area contributed by atoms with Gasteiger partial charge in [0, 0.05) is 5.92 Å². The Morgan fingerprint density at radius 2 is 2.04 bits per heavy atom. The lowest BCUT2D eigenvalue weighted by molar-refractivity contribution is -0.138. The van der Waals surface area contributed by atoms with E-state index in [9.17, 15) is 14.7 Å². The van der Waals surface area contributed by atoms with E-state index in [0.717, 1.165) is 17.8 Å². The summed E-state index contributed by atoms with van der Waals surface area (Å²) in [5.74, 6) is -0.970. The molecule has 0 spiro atoms. The number of amides is 1. The van der Waals surface area contributed by atoms with Crippen LogP contribution in [0, 0.1) is 11.3 Å². The fourth-order valence-corrected chi connectivity index (χ4v) is 3.25. The third-order valence-corrected chi connectivity index (χ3v) is 4.89. The first-order valence-corrected chi connectivity index (χ1v) is 8.97. The highest BCUT2D eigenvalue weighted by atomic mass is 32.1. The van der Waals surface area contributed by atoms with Gasteiger partial charge in [-0.2, -0.15) is 0 Å². The van der Waals surface area contributed by atoms with Crippen molar-refractivity contribution in [1.82, 2.24) is 10.2 Å². The highest BCUT2D eigenvalue weighted by Crippen LogP contribution is 2.43. The van der Waals surface area contributed by atoms with E-state index < -0.39 is 11.6 Å². The molecule has 0 aliphatic heterocycles. The number of carbonyl (C=O) groups excluding carboxylic acids is 2. The van der Waals surface area contributed by atoms with Crippen molar-refractivity contribution < 1.29 is 19.4 Å². The third kappa shape index (κ3) is 4.98. The summed E-state index contributed by atoms with van der Waals surface area (Å²) < 4.78 is 4.83. The topological polar surface area (TPSA) is 101 Å². The molecule has 1 amide bonds. The quantitative estimate of drug-likeness (QED) is 0.761. The van der Waals surface area contributed by atoms with Gasteiger partial charge in [-0.25, -0.2) is 4.79 Å². The van der Waals surface area contributed by atoms with Gasteiger partial charge in [-0.15, -0.1) is 10.2 Å². The van der Waals surface area contributed by atoms with Crippen LogP contribution in [-0.4, -0.2) is 39.4 Å². The average molecular weight is 355 g/mol. The van der Waals surface area contributed by atoms with Crippen LogP contribution in [0.5, 0.6) is 0 Å². The van der Waals surface area contributed by atoms with E-state index in [1.54, 1.807) is 6.92 Å². The number of carbonyl (C=O) groups is 2. The SMILES string of the molecule is CCOC(=O)c1nnc(NC(=O)C2CC(O)(CCC(C)(C)C)C2)s1. The lowest BCUT2D eigenvalue weighted by atomic mass is 9.67. The second-order valence-corrected chi connectivity index (χ2v) is 8.49. The number of aliphatic hydroxyl groups is 1. The van der Waals surface area contributed by atoms with Gasteiger partial charge in [-0.05, 0) is 38.0 Å². The van der Waals surface area contributed by atoms with E-state index in [1.807, 2.05) is 0 Å². The number of esters is 1. The molecule has 0 aromatic carbocycles. The van der Waals surface area contributed by atoms with Gasteiger partial charge < -0.3 is 15.2 Å². The molecule has 1 aliphatic rings. The summed E-state index contributed by atoms with van der Waals surface area (Å²) in [6.07, 6.45) is 2.53. The first kappa shape index (κ1) is 18.8. The predicted molar refractivity (Wildman–Crippen MR) is 90.9 cm³/mol. The molecule has 24 heavy (non-hydrogen) atoms. The number of anilines is 1. The van der Waals surface area contributed by atoms with E-state index in [2.05, 4.69) is 36.3 Å². The van der Waals surface area contributed by atoms with Gasteiger partial charge in [0.25, 0.3) is 0 Å². The van der Waals surface area contributed by atoms with Crippen LogP contribution in [0.1, 0.15) is 63.2 Å². The van der Waals surface area contributed by atoms with Crippen LogP contribution in [0.25, 0.3) is 0 Å². The molecule has 0 saturated heterocycles.